The molecule has 2 aromatic heterocycles. The highest BCUT2D eigenvalue weighted by atomic mass is 35.5. The molecule has 2 heterocycles. The van der Waals surface area contributed by atoms with Crippen LogP contribution in [0.3, 0.4) is 0 Å². The molecule has 1 amide bonds. The zero-order valence-corrected chi connectivity index (χ0v) is 13.7. The number of carbonyl (C=O) groups excluding carboxylic acids is 1. The number of benzene rings is 1. The van der Waals surface area contributed by atoms with Gasteiger partial charge in [-0.2, -0.15) is 0 Å². The summed E-state index contributed by atoms with van der Waals surface area (Å²) in [4.78, 5) is 15.9. The highest BCUT2D eigenvalue weighted by Gasteiger charge is 2.07. The molecule has 0 spiro atoms. The van der Waals surface area contributed by atoms with Crippen LogP contribution in [0.1, 0.15) is 10.4 Å². The summed E-state index contributed by atoms with van der Waals surface area (Å²) in [5, 5.41) is 14.6. The van der Waals surface area contributed by atoms with E-state index in [2.05, 4.69) is 25.8 Å². The second kappa shape index (κ2) is 7.25. The Morgan fingerprint density at radius 2 is 1.75 bits per heavy atom. The van der Waals surface area contributed by atoms with E-state index in [9.17, 15) is 4.79 Å². The molecule has 3 rings (SSSR count). The van der Waals surface area contributed by atoms with Gasteiger partial charge in [0, 0.05) is 18.1 Å². The van der Waals surface area contributed by atoms with Crippen LogP contribution in [0.2, 0.25) is 10.0 Å². The molecule has 8 heteroatoms. The van der Waals surface area contributed by atoms with Crippen molar-refractivity contribution in [2.45, 2.75) is 0 Å². The van der Waals surface area contributed by atoms with Gasteiger partial charge in [0.15, 0.2) is 11.6 Å². The van der Waals surface area contributed by atoms with E-state index in [1.54, 1.807) is 48.7 Å². The SMILES string of the molecule is O=C(Nc1ccc(Nc2ccc(Cl)c(Cl)c2)nn1)c1cccnc1. The first-order valence-corrected chi connectivity index (χ1v) is 7.64. The number of rotatable bonds is 4. The van der Waals surface area contributed by atoms with Crippen LogP contribution in [-0.4, -0.2) is 21.1 Å². The number of carbonyl (C=O) groups is 1. The van der Waals surface area contributed by atoms with Gasteiger partial charge in [-0.15, -0.1) is 10.2 Å². The van der Waals surface area contributed by atoms with Gasteiger partial charge < -0.3 is 10.6 Å². The summed E-state index contributed by atoms with van der Waals surface area (Å²) in [6.45, 7) is 0. The second-order valence-corrected chi connectivity index (χ2v) is 5.57. The molecular weight excluding hydrogens is 349 g/mol. The predicted octanol–water partition coefficient (Wildman–Crippen LogP) is 4.17. The number of hydrogen-bond donors (Lipinski definition) is 2. The molecule has 0 aliphatic heterocycles. The van der Waals surface area contributed by atoms with Crippen molar-refractivity contribution in [3.05, 3.63) is 70.5 Å². The van der Waals surface area contributed by atoms with Gasteiger partial charge >= 0.3 is 0 Å². The number of pyridine rings is 1. The zero-order valence-electron chi connectivity index (χ0n) is 12.2. The Morgan fingerprint density at radius 3 is 2.42 bits per heavy atom. The lowest BCUT2D eigenvalue weighted by molar-refractivity contribution is 0.102. The van der Waals surface area contributed by atoms with Gasteiger partial charge in [0.1, 0.15) is 0 Å². The number of amides is 1. The fraction of sp³-hybridized carbons (Fsp3) is 0. The molecule has 0 aliphatic carbocycles. The third-order valence-electron chi connectivity index (χ3n) is 3.02. The van der Waals surface area contributed by atoms with Crippen molar-refractivity contribution in [2.24, 2.45) is 0 Å². The summed E-state index contributed by atoms with van der Waals surface area (Å²) in [5.74, 6) is 0.541. The van der Waals surface area contributed by atoms with Crippen LogP contribution in [0.4, 0.5) is 17.3 Å². The monoisotopic (exact) mass is 359 g/mol. The number of hydrogen-bond acceptors (Lipinski definition) is 5. The molecule has 0 fully saturated rings. The topological polar surface area (TPSA) is 79.8 Å². The first-order valence-electron chi connectivity index (χ1n) is 6.89. The molecule has 2 N–H and O–H groups in total. The zero-order chi connectivity index (χ0) is 16.9. The molecule has 0 unspecified atom stereocenters. The molecule has 3 aromatic rings. The molecule has 0 bridgehead atoms. The van der Waals surface area contributed by atoms with Gasteiger partial charge in [0.2, 0.25) is 0 Å². The summed E-state index contributed by atoms with van der Waals surface area (Å²) < 4.78 is 0. The van der Waals surface area contributed by atoms with Gasteiger partial charge in [0.25, 0.3) is 5.91 Å². The van der Waals surface area contributed by atoms with Gasteiger partial charge in [-0.1, -0.05) is 23.2 Å². The van der Waals surface area contributed by atoms with Crippen molar-refractivity contribution in [1.29, 1.82) is 0 Å². The van der Waals surface area contributed by atoms with E-state index < -0.39 is 0 Å². The van der Waals surface area contributed by atoms with Crippen LogP contribution < -0.4 is 10.6 Å². The molecule has 0 saturated heterocycles. The number of nitrogens with zero attached hydrogens (tertiary/aromatic N) is 3. The van der Waals surface area contributed by atoms with E-state index in [-0.39, 0.29) is 5.91 Å². The van der Waals surface area contributed by atoms with Crippen LogP contribution in [0.25, 0.3) is 0 Å². The standard InChI is InChI=1S/C16H11Cl2N5O/c17-12-4-3-11(8-13(12)18)20-14-5-6-15(23-22-14)21-16(24)10-2-1-7-19-9-10/h1-9H,(H,20,22)(H,21,23,24). The number of anilines is 3. The van der Waals surface area contributed by atoms with E-state index in [1.807, 2.05) is 0 Å². The molecule has 24 heavy (non-hydrogen) atoms. The van der Waals surface area contributed by atoms with E-state index in [1.165, 1.54) is 6.20 Å². The van der Waals surface area contributed by atoms with Crippen LogP contribution in [-0.2, 0) is 0 Å². The maximum atomic E-state index is 12.0. The van der Waals surface area contributed by atoms with E-state index in [0.717, 1.165) is 5.69 Å². The summed E-state index contributed by atoms with van der Waals surface area (Å²) in [7, 11) is 0. The Balaban J connectivity index is 1.67. The van der Waals surface area contributed by atoms with Crippen molar-refractivity contribution >= 4 is 46.4 Å². The molecule has 0 saturated carbocycles. The van der Waals surface area contributed by atoms with E-state index in [4.69, 9.17) is 23.2 Å². The van der Waals surface area contributed by atoms with Crippen molar-refractivity contribution in [2.75, 3.05) is 10.6 Å². The van der Waals surface area contributed by atoms with Gasteiger partial charge in [-0.25, -0.2) is 0 Å². The van der Waals surface area contributed by atoms with Crippen molar-refractivity contribution in [3.8, 4) is 0 Å². The molecule has 0 aliphatic rings. The van der Waals surface area contributed by atoms with Crippen LogP contribution in [0.15, 0.2) is 54.9 Å². The minimum absolute atomic E-state index is 0.303. The maximum absolute atomic E-state index is 12.0. The average Bonchev–Trinajstić information content (AvgIpc) is 2.61. The third-order valence-corrected chi connectivity index (χ3v) is 3.76. The molecule has 1 aromatic carbocycles. The lowest BCUT2D eigenvalue weighted by Gasteiger charge is -2.07. The normalized spacial score (nSPS) is 10.2. The molecule has 0 atom stereocenters. The van der Waals surface area contributed by atoms with Gasteiger partial charge in [-0.05, 0) is 42.5 Å². The summed E-state index contributed by atoms with van der Waals surface area (Å²) in [6.07, 6.45) is 3.07. The van der Waals surface area contributed by atoms with Crippen LogP contribution in [0.5, 0.6) is 0 Å². The largest absolute Gasteiger partial charge is 0.339 e. The highest BCUT2D eigenvalue weighted by molar-refractivity contribution is 6.42. The summed E-state index contributed by atoms with van der Waals surface area (Å²) in [5.41, 5.74) is 1.17. The minimum Gasteiger partial charge on any atom is -0.339 e. The summed E-state index contributed by atoms with van der Waals surface area (Å²) in [6, 6.07) is 11.8. The fourth-order valence-electron chi connectivity index (χ4n) is 1.87. The smallest absolute Gasteiger partial charge is 0.258 e. The quantitative estimate of drug-likeness (QED) is 0.730. The minimum atomic E-state index is -0.303. The molecular formula is C16H11Cl2N5O. The van der Waals surface area contributed by atoms with Crippen molar-refractivity contribution < 1.29 is 4.79 Å². The van der Waals surface area contributed by atoms with Gasteiger partial charge in [0.05, 0.1) is 15.6 Å². The van der Waals surface area contributed by atoms with Crippen molar-refractivity contribution in [3.63, 3.8) is 0 Å². The fourth-order valence-corrected chi connectivity index (χ4v) is 2.17. The summed E-state index contributed by atoms with van der Waals surface area (Å²) >= 11 is 11.8. The predicted molar refractivity (Wildman–Crippen MR) is 94.0 cm³/mol. The van der Waals surface area contributed by atoms with Crippen LogP contribution in [0, 0.1) is 0 Å². The Bertz CT molecular complexity index is 856. The Labute approximate surface area is 147 Å². The highest BCUT2D eigenvalue weighted by Crippen LogP contribution is 2.26. The Hall–Kier alpha value is -2.70. The number of aromatic nitrogens is 3. The average molecular weight is 360 g/mol. The number of nitrogens with one attached hydrogen (secondary N) is 2. The van der Waals surface area contributed by atoms with Crippen molar-refractivity contribution in [1.82, 2.24) is 15.2 Å². The van der Waals surface area contributed by atoms with E-state index >= 15 is 0 Å². The first-order chi connectivity index (χ1) is 11.6. The molecule has 120 valence electrons. The number of halogens is 2. The second-order valence-electron chi connectivity index (χ2n) is 4.75. The molecule has 6 nitrogen and oxygen atoms in total. The van der Waals surface area contributed by atoms with Gasteiger partial charge in [-0.3, -0.25) is 9.78 Å². The lowest BCUT2D eigenvalue weighted by Crippen LogP contribution is -2.13. The Morgan fingerprint density at radius 1 is 0.958 bits per heavy atom. The van der Waals surface area contributed by atoms with E-state index in [0.29, 0.717) is 27.2 Å². The third kappa shape index (κ3) is 3.98. The van der Waals surface area contributed by atoms with Crippen LogP contribution >= 0.6 is 23.2 Å². The lowest BCUT2D eigenvalue weighted by atomic mass is 10.3. The Kier molecular flexibility index (Phi) is 4.88. The molecule has 0 radical (unpaired) electrons. The first kappa shape index (κ1) is 16.2. The maximum Gasteiger partial charge on any atom is 0.258 e.